The van der Waals surface area contributed by atoms with Gasteiger partial charge in [-0.3, -0.25) is 4.79 Å². The maximum atomic E-state index is 13.9. The molecule has 5 nitrogen and oxygen atoms in total. The van der Waals surface area contributed by atoms with E-state index in [1.165, 1.54) is 29.5 Å². The summed E-state index contributed by atoms with van der Waals surface area (Å²) in [5.74, 6) is -0.888. The number of hydrogen-bond donors (Lipinski definition) is 1. The first kappa shape index (κ1) is 19.1. The predicted molar refractivity (Wildman–Crippen MR) is 113 cm³/mol. The van der Waals surface area contributed by atoms with Crippen LogP contribution in [0.5, 0.6) is 0 Å². The van der Waals surface area contributed by atoms with Crippen molar-refractivity contribution < 1.29 is 9.18 Å². The Morgan fingerprint density at radius 3 is 2.64 bits per heavy atom. The number of aliphatic imine (C=N–C) groups is 1. The number of carbonyl (C=O) groups is 1. The van der Waals surface area contributed by atoms with Crippen LogP contribution in [0.25, 0.3) is 16.6 Å². The molecule has 1 aliphatic heterocycles. The highest BCUT2D eigenvalue weighted by Crippen LogP contribution is 2.33. The number of rotatable bonds is 3. The molecule has 1 aromatic heterocycles. The molecule has 0 radical (unpaired) electrons. The molecule has 1 fully saturated rings. The van der Waals surface area contributed by atoms with E-state index >= 15 is 0 Å². The lowest BCUT2D eigenvalue weighted by atomic mass is 10.2. The van der Waals surface area contributed by atoms with Gasteiger partial charge >= 0.3 is 0 Å². The first-order valence-corrected chi connectivity index (χ1v) is 10.2. The smallest absolute Gasteiger partial charge is 0.264 e. The molecule has 1 amide bonds. The molecule has 0 unspecified atom stereocenters. The van der Waals surface area contributed by atoms with Crippen LogP contribution >= 0.6 is 46.3 Å². The first-order valence-electron chi connectivity index (χ1n) is 7.82. The lowest BCUT2D eigenvalue weighted by Crippen LogP contribution is -2.19. The largest absolute Gasteiger partial charge is 0.300 e. The molecule has 140 valence electrons. The summed E-state index contributed by atoms with van der Waals surface area (Å²) in [5.41, 5.74) is 1.02. The van der Waals surface area contributed by atoms with Crippen LogP contribution in [0.2, 0.25) is 10.0 Å². The Morgan fingerprint density at radius 1 is 1.11 bits per heavy atom. The zero-order chi connectivity index (χ0) is 19.7. The minimum atomic E-state index is -0.504. The Balaban J connectivity index is 1.57. The Morgan fingerprint density at radius 2 is 1.89 bits per heavy atom. The second-order valence-electron chi connectivity index (χ2n) is 5.51. The molecule has 0 bridgehead atoms. The Hall–Kier alpha value is -2.26. The third-order valence-corrected chi connectivity index (χ3v) is 5.99. The quantitative estimate of drug-likeness (QED) is 0.531. The number of carbonyl (C=O) groups excluding carboxylic acids is 1. The maximum Gasteiger partial charge on any atom is 0.264 e. The van der Waals surface area contributed by atoms with E-state index in [1.54, 1.807) is 18.2 Å². The molecule has 3 aromatic rings. The summed E-state index contributed by atoms with van der Waals surface area (Å²) in [6.45, 7) is 0. The van der Waals surface area contributed by atoms with E-state index in [2.05, 4.69) is 20.5 Å². The van der Waals surface area contributed by atoms with E-state index in [0.29, 0.717) is 20.3 Å². The van der Waals surface area contributed by atoms with Crippen LogP contribution in [0.3, 0.4) is 0 Å². The number of thioether (sulfide) groups is 1. The topological polar surface area (TPSA) is 67.2 Å². The van der Waals surface area contributed by atoms with Gasteiger partial charge in [-0.15, -0.1) is 10.2 Å². The van der Waals surface area contributed by atoms with Crippen molar-refractivity contribution in [3.63, 3.8) is 0 Å². The summed E-state index contributed by atoms with van der Waals surface area (Å²) in [7, 11) is 0. The second-order valence-corrected chi connectivity index (χ2v) is 8.34. The van der Waals surface area contributed by atoms with Crippen LogP contribution in [-0.2, 0) is 4.79 Å². The maximum absolute atomic E-state index is 13.9. The van der Waals surface area contributed by atoms with Crippen LogP contribution < -0.4 is 5.32 Å². The Kier molecular flexibility index (Phi) is 5.45. The van der Waals surface area contributed by atoms with Crippen molar-refractivity contribution >= 4 is 68.6 Å². The molecule has 1 N–H and O–H groups in total. The van der Waals surface area contributed by atoms with E-state index in [-0.39, 0.29) is 21.4 Å². The monoisotopic (exact) mass is 450 g/mol. The summed E-state index contributed by atoms with van der Waals surface area (Å²) < 4.78 is 13.9. The number of aromatic nitrogens is 2. The lowest BCUT2D eigenvalue weighted by Gasteiger charge is -2.00. The van der Waals surface area contributed by atoms with Crippen LogP contribution in [-0.4, -0.2) is 21.3 Å². The Labute approximate surface area is 177 Å². The molecule has 0 saturated carbocycles. The number of nitrogens with one attached hydrogen (secondary N) is 1. The van der Waals surface area contributed by atoms with Gasteiger partial charge in [0.1, 0.15) is 10.8 Å². The number of nitrogens with zero attached hydrogens (tertiary/aromatic N) is 3. The standard InChI is InChI=1S/C18H9Cl2FN4OS2/c19-10-6-4-9(5-7-10)16-24-25-18(28-16)23-17-22-15(26)14(27-17)8-11-12(20)2-1-3-13(11)21/h1-8H,(H,22,23,25,26)/b14-8-. The summed E-state index contributed by atoms with van der Waals surface area (Å²) in [6, 6.07) is 11.6. The van der Waals surface area contributed by atoms with Crippen LogP contribution in [0.15, 0.2) is 52.4 Å². The van der Waals surface area contributed by atoms with Crippen molar-refractivity contribution in [2.75, 3.05) is 0 Å². The average Bonchev–Trinajstić information content (AvgIpc) is 3.26. The molecule has 28 heavy (non-hydrogen) atoms. The van der Waals surface area contributed by atoms with E-state index in [9.17, 15) is 9.18 Å². The van der Waals surface area contributed by atoms with E-state index < -0.39 is 5.82 Å². The zero-order valence-electron chi connectivity index (χ0n) is 13.8. The highest BCUT2D eigenvalue weighted by molar-refractivity contribution is 8.18. The van der Waals surface area contributed by atoms with Gasteiger partial charge in [0.25, 0.3) is 5.91 Å². The SMILES string of the molecule is O=C1N/C(=N\c2nnc(-c3ccc(Cl)cc3)s2)S/C1=C\c1c(F)cccc1Cl. The summed E-state index contributed by atoms with van der Waals surface area (Å²) in [6.07, 6.45) is 1.40. The number of amidine groups is 1. The summed E-state index contributed by atoms with van der Waals surface area (Å²) in [4.78, 5) is 16.8. The van der Waals surface area contributed by atoms with Crippen molar-refractivity contribution in [2.24, 2.45) is 4.99 Å². The number of benzene rings is 2. The third kappa shape index (κ3) is 4.10. The second kappa shape index (κ2) is 8.00. The lowest BCUT2D eigenvalue weighted by molar-refractivity contribution is -0.115. The fourth-order valence-corrected chi connectivity index (χ4v) is 4.25. The van der Waals surface area contributed by atoms with Gasteiger partial charge in [0.05, 0.1) is 9.93 Å². The van der Waals surface area contributed by atoms with Crippen LogP contribution in [0.4, 0.5) is 9.52 Å². The highest BCUT2D eigenvalue weighted by Gasteiger charge is 2.25. The molecule has 2 heterocycles. The third-order valence-electron chi connectivity index (χ3n) is 3.63. The zero-order valence-corrected chi connectivity index (χ0v) is 17.0. The van der Waals surface area contributed by atoms with Crippen LogP contribution in [0, 0.1) is 5.82 Å². The fourth-order valence-electron chi connectivity index (χ4n) is 2.32. The van der Waals surface area contributed by atoms with Gasteiger partial charge in [-0.25, -0.2) is 4.39 Å². The highest BCUT2D eigenvalue weighted by atomic mass is 35.5. The number of halogens is 3. The Bertz CT molecular complexity index is 1110. The van der Waals surface area contributed by atoms with Crippen molar-refractivity contribution in [3.05, 3.63) is 68.8 Å². The minimum absolute atomic E-state index is 0.156. The number of amides is 1. The van der Waals surface area contributed by atoms with Crippen molar-refractivity contribution in [2.45, 2.75) is 0 Å². The van der Waals surface area contributed by atoms with Gasteiger partial charge in [0.2, 0.25) is 5.13 Å². The minimum Gasteiger partial charge on any atom is -0.300 e. The first-order chi connectivity index (χ1) is 13.5. The van der Waals surface area contributed by atoms with Crippen LogP contribution in [0.1, 0.15) is 5.56 Å². The van der Waals surface area contributed by atoms with E-state index in [4.69, 9.17) is 23.2 Å². The van der Waals surface area contributed by atoms with Gasteiger partial charge in [-0.1, -0.05) is 52.7 Å². The molecule has 10 heteroatoms. The van der Waals surface area contributed by atoms with E-state index in [1.807, 2.05) is 12.1 Å². The fraction of sp³-hybridized carbons (Fsp3) is 0. The predicted octanol–water partition coefficient (Wildman–Crippen LogP) is 5.54. The molecule has 0 atom stereocenters. The number of hydrogen-bond acceptors (Lipinski definition) is 6. The van der Waals surface area contributed by atoms with E-state index in [0.717, 1.165) is 17.3 Å². The van der Waals surface area contributed by atoms with Crippen molar-refractivity contribution in [1.82, 2.24) is 15.5 Å². The van der Waals surface area contributed by atoms with Gasteiger partial charge in [-0.2, -0.15) is 4.99 Å². The molecule has 1 saturated heterocycles. The molecule has 0 spiro atoms. The van der Waals surface area contributed by atoms with Crippen molar-refractivity contribution in [1.29, 1.82) is 0 Å². The normalized spacial score (nSPS) is 16.8. The molecule has 1 aliphatic rings. The molecule has 4 rings (SSSR count). The summed E-state index contributed by atoms with van der Waals surface area (Å²) in [5, 5.41) is 13.0. The molecule has 0 aliphatic carbocycles. The average molecular weight is 451 g/mol. The molecular formula is C18H9Cl2FN4OS2. The van der Waals surface area contributed by atoms with Gasteiger partial charge in [0, 0.05) is 16.1 Å². The molecular weight excluding hydrogens is 442 g/mol. The van der Waals surface area contributed by atoms with Gasteiger partial charge in [0.15, 0.2) is 5.17 Å². The van der Waals surface area contributed by atoms with Gasteiger partial charge in [-0.05, 0) is 42.1 Å². The molecule has 2 aromatic carbocycles. The summed E-state index contributed by atoms with van der Waals surface area (Å²) >= 11 is 14.3. The van der Waals surface area contributed by atoms with Crippen molar-refractivity contribution in [3.8, 4) is 10.6 Å². The van der Waals surface area contributed by atoms with Gasteiger partial charge < -0.3 is 5.32 Å².